The van der Waals surface area contributed by atoms with E-state index in [0.717, 1.165) is 28.3 Å². The summed E-state index contributed by atoms with van der Waals surface area (Å²) in [6, 6.07) is 5.69. The molecule has 0 atom stereocenters. The van der Waals surface area contributed by atoms with Gasteiger partial charge in [-0.2, -0.15) is 0 Å². The van der Waals surface area contributed by atoms with Gasteiger partial charge in [-0.1, -0.05) is 26.1 Å². The van der Waals surface area contributed by atoms with E-state index in [9.17, 15) is 0 Å². The Morgan fingerprint density at radius 2 is 1.95 bits per heavy atom. The lowest BCUT2D eigenvalue weighted by Gasteiger charge is -2.15. The number of hydrogen-bond acceptors (Lipinski definition) is 4. The summed E-state index contributed by atoms with van der Waals surface area (Å²) in [5.41, 5.74) is 2.86. The fourth-order valence-electron chi connectivity index (χ4n) is 2.18. The first-order valence-electron chi connectivity index (χ1n) is 6.38. The average Bonchev–Trinajstić information content (AvgIpc) is 2.45. The third-order valence-electron chi connectivity index (χ3n) is 3.14. The minimum Gasteiger partial charge on any atom is -0.497 e. The van der Waals surface area contributed by atoms with E-state index in [1.165, 1.54) is 0 Å². The first-order chi connectivity index (χ1) is 9.58. The molecule has 2 rings (SSSR count). The molecule has 0 aliphatic heterocycles. The van der Waals surface area contributed by atoms with E-state index in [2.05, 4.69) is 23.8 Å². The summed E-state index contributed by atoms with van der Waals surface area (Å²) in [5.74, 6) is 1.80. The molecule has 0 amide bonds. The van der Waals surface area contributed by atoms with Crippen LogP contribution in [0.15, 0.2) is 24.5 Å². The second kappa shape index (κ2) is 6.05. The Labute approximate surface area is 123 Å². The Hall–Kier alpha value is -1.88. The van der Waals surface area contributed by atoms with E-state index in [1.807, 2.05) is 18.2 Å². The highest BCUT2D eigenvalue weighted by Gasteiger charge is 2.16. The molecule has 0 unspecified atom stereocenters. The molecule has 1 N–H and O–H groups in total. The zero-order valence-electron chi connectivity index (χ0n) is 12.1. The first-order valence-corrected chi connectivity index (χ1v) is 6.79. The van der Waals surface area contributed by atoms with Crippen molar-refractivity contribution in [3.8, 4) is 22.8 Å². The number of rotatable bonds is 4. The molecule has 0 radical (unpaired) electrons. The van der Waals surface area contributed by atoms with E-state index in [-0.39, 0.29) is 5.92 Å². The van der Waals surface area contributed by atoms with Gasteiger partial charge in [-0.25, -0.2) is 4.98 Å². The predicted molar refractivity (Wildman–Crippen MR) is 82.1 cm³/mol. The molecule has 2 aromatic rings. The molecule has 5 heteroatoms. The molecule has 0 spiro atoms. The van der Waals surface area contributed by atoms with Crippen molar-refractivity contribution >= 4 is 12.2 Å². The largest absolute Gasteiger partial charge is 0.497 e. The summed E-state index contributed by atoms with van der Waals surface area (Å²) in [4.78, 5) is 7.36. The van der Waals surface area contributed by atoms with E-state index in [1.54, 1.807) is 20.5 Å². The van der Waals surface area contributed by atoms with Crippen molar-refractivity contribution in [2.45, 2.75) is 19.8 Å². The zero-order chi connectivity index (χ0) is 14.7. The third kappa shape index (κ3) is 2.67. The number of aromatic amines is 1. The minimum atomic E-state index is 0.262. The number of ether oxygens (including phenoxy) is 2. The number of hydrogen-bond donors (Lipinski definition) is 1. The van der Waals surface area contributed by atoms with Crippen molar-refractivity contribution in [3.05, 3.63) is 34.7 Å². The van der Waals surface area contributed by atoms with Crippen LogP contribution in [-0.2, 0) is 0 Å². The summed E-state index contributed by atoms with van der Waals surface area (Å²) >= 11 is 5.35. The van der Waals surface area contributed by atoms with Gasteiger partial charge in [0, 0.05) is 11.1 Å². The number of benzene rings is 1. The number of aromatic nitrogens is 2. The van der Waals surface area contributed by atoms with E-state index < -0.39 is 0 Å². The van der Waals surface area contributed by atoms with Gasteiger partial charge in [-0.05, 0) is 24.1 Å². The molecule has 0 saturated heterocycles. The molecule has 0 aliphatic carbocycles. The van der Waals surface area contributed by atoms with Crippen LogP contribution in [-0.4, -0.2) is 24.2 Å². The zero-order valence-corrected chi connectivity index (χ0v) is 12.9. The maximum absolute atomic E-state index is 5.44. The van der Waals surface area contributed by atoms with E-state index in [0.29, 0.717) is 4.64 Å². The van der Waals surface area contributed by atoms with Crippen LogP contribution in [0.4, 0.5) is 0 Å². The van der Waals surface area contributed by atoms with Gasteiger partial charge in [-0.15, -0.1) is 0 Å². The lowest BCUT2D eigenvalue weighted by atomic mass is 9.98. The predicted octanol–water partition coefficient (Wildman–Crippen LogP) is 3.95. The Morgan fingerprint density at radius 1 is 1.20 bits per heavy atom. The van der Waals surface area contributed by atoms with Crippen molar-refractivity contribution in [2.24, 2.45) is 0 Å². The van der Waals surface area contributed by atoms with E-state index in [4.69, 9.17) is 21.7 Å². The lowest BCUT2D eigenvalue weighted by molar-refractivity contribution is 0.404. The lowest BCUT2D eigenvalue weighted by Crippen LogP contribution is -2.00. The number of nitrogens with one attached hydrogen (secondary N) is 1. The van der Waals surface area contributed by atoms with Crippen molar-refractivity contribution in [2.75, 3.05) is 14.2 Å². The molecular weight excluding hydrogens is 272 g/mol. The number of H-pyrrole nitrogens is 1. The van der Waals surface area contributed by atoms with Crippen molar-refractivity contribution < 1.29 is 9.47 Å². The van der Waals surface area contributed by atoms with Crippen molar-refractivity contribution in [3.63, 3.8) is 0 Å². The molecule has 106 valence electrons. The average molecular weight is 290 g/mol. The monoisotopic (exact) mass is 290 g/mol. The second-order valence-electron chi connectivity index (χ2n) is 4.72. The van der Waals surface area contributed by atoms with Crippen LogP contribution in [0.3, 0.4) is 0 Å². The van der Waals surface area contributed by atoms with Gasteiger partial charge >= 0.3 is 0 Å². The quantitative estimate of drug-likeness (QED) is 0.866. The Balaban J connectivity index is 2.73. The molecule has 0 aliphatic rings. The summed E-state index contributed by atoms with van der Waals surface area (Å²) in [5, 5.41) is 0. The van der Waals surface area contributed by atoms with Crippen LogP contribution < -0.4 is 9.47 Å². The molecule has 1 aromatic heterocycles. The maximum Gasteiger partial charge on any atom is 0.133 e. The number of nitrogens with zero attached hydrogens (tertiary/aromatic N) is 1. The standard InChI is InChI=1S/C15H18N2O2S/c1-9(2)13-14(16-8-17-15(13)20)11-7-10(18-3)5-6-12(11)19-4/h5-9H,1-4H3,(H,16,17,20). The molecule has 1 heterocycles. The van der Waals surface area contributed by atoms with Gasteiger partial charge in [0.25, 0.3) is 0 Å². The molecular formula is C15H18N2O2S. The Bertz CT molecular complexity index is 665. The van der Waals surface area contributed by atoms with Crippen LogP contribution in [0.25, 0.3) is 11.3 Å². The number of methoxy groups -OCH3 is 2. The van der Waals surface area contributed by atoms with Crippen LogP contribution in [0.1, 0.15) is 25.3 Å². The highest BCUT2D eigenvalue weighted by molar-refractivity contribution is 7.71. The van der Waals surface area contributed by atoms with Crippen molar-refractivity contribution in [1.29, 1.82) is 0 Å². The third-order valence-corrected chi connectivity index (χ3v) is 3.47. The van der Waals surface area contributed by atoms with Crippen molar-refractivity contribution in [1.82, 2.24) is 9.97 Å². The van der Waals surface area contributed by atoms with Gasteiger partial charge in [0.15, 0.2) is 0 Å². The molecule has 1 aromatic carbocycles. The highest BCUT2D eigenvalue weighted by Crippen LogP contribution is 2.36. The molecule has 4 nitrogen and oxygen atoms in total. The molecule has 20 heavy (non-hydrogen) atoms. The first kappa shape index (κ1) is 14.5. The summed E-state index contributed by atoms with van der Waals surface area (Å²) < 4.78 is 11.3. The van der Waals surface area contributed by atoms with Gasteiger partial charge in [0.2, 0.25) is 0 Å². The van der Waals surface area contributed by atoms with Gasteiger partial charge in [-0.3, -0.25) is 0 Å². The highest BCUT2D eigenvalue weighted by atomic mass is 32.1. The topological polar surface area (TPSA) is 47.1 Å². The van der Waals surface area contributed by atoms with Crippen LogP contribution in [0, 0.1) is 4.64 Å². The fraction of sp³-hybridized carbons (Fsp3) is 0.333. The molecule has 0 fully saturated rings. The Kier molecular flexibility index (Phi) is 4.39. The minimum absolute atomic E-state index is 0.262. The van der Waals surface area contributed by atoms with Crippen LogP contribution in [0.5, 0.6) is 11.5 Å². The summed E-state index contributed by atoms with van der Waals surface area (Å²) in [6.07, 6.45) is 1.61. The van der Waals surface area contributed by atoms with E-state index >= 15 is 0 Å². The van der Waals surface area contributed by atoms with Gasteiger partial charge in [0.05, 0.1) is 26.2 Å². The van der Waals surface area contributed by atoms with Crippen LogP contribution >= 0.6 is 12.2 Å². The maximum atomic E-state index is 5.44. The van der Waals surface area contributed by atoms with Gasteiger partial charge < -0.3 is 14.5 Å². The summed E-state index contributed by atoms with van der Waals surface area (Å²) in [7, 11) is 3.29. The smallest absolute Gasteiger partial charge is 0.133 e. The second-order valence-corrected chi connectivity index (χ2v) is 5.10. The van der Waals surface area contributed by atoms with Crippen LogP contribution in [0.2, 0.25) is 0 Å². The normalized spacial score (nSPS) is 10.7. The fourth-order valence-corrected chi connectivity index (χ4v) is 2.57. The Morgan fingerprint density at radius 3 is 2.55 bits per heavy atom. The summed E-state index contributed by atoms with van der Waals surface area (Å²) in [6.45, 7) is 4.19. The molecule has 0 bridgehead atoms. The molecule has 0 saturated carbocycles. The SMILES string of the molecule is COc1ccc(OC)c(-c2[nH]cnc(=S)c2C(C)C)c1. The van der Waals surface area contributed by atoms with Gasteiger partial charge in [0.1, 0.15) is 16.1 Å².